The number of hydrogen-bond acceptors (Lipinski definition) is 1. The largest absolute Gasteiger partial charge is 0.473 e. The van der Waals surface area contributed by atoms with Crippen molar-refractivity contribution in [2.45, 2.75) is 66.2 Å². The summed E-state index contributed by atoms with van der Waals surface area (Å²) < 4.78 is 5.67. The van der Waals surface area contributed by atoms with E-state index in [-0.39, 0.29) is 0 Å². The van der Waals surface area contributed by atoms with E-state index in [4.69, 9.17) is 4.74 Å². The molecule has 120 valence electrons. The topological polar surface area (TPSA) is 9.23 Å². The van der Waals surface area contributed by atoms with Crippen molar-refractivity contribution in [2.24, 2.45) is 35.5 Å². The van der Waals surface area contributed by atoms with Crippen molar-refractivity contribution in [3.63, 3.8) is 0 Å². The van der Waals surface area contributed by atoms with Crippen LogP contribution in [0, 0.1) is 35.5 Å². The van der Waals surface area contributed by atoms with Crippen molar-refractivity contribution in [3.8, 4) is 0 Å². The summed E-state index contributed by atoms with van der Waals surface area (Å²) in [5, 5.41) is 0. The van der Waals surface area contributed by atoms with Gasteiger partial charge < -0.3 is 4.74 Å². The lowest BCUT2D eigenvalue weighted by molar-refractivity contribution is 0.216. The van der Waals surface area contributed by atoms with Crippen LogP contribution in [0.25, 0.3) is 0 Å². The molecule has 1 heteroatoms. The van der Waals surface area contributed by atoms with Gasteiger partial charge in [0.1, 0.15) is 0 Å². The highest BCUT2D eigenvalue weighted by molar-refractivity contribution is 4.95. The van der Waals surface area contributed by atoms with Gasteiger partial charge >= 0.3 is 0 Å². The zero-order valence-electron chi connectivity index (χ0n) is 14.4. The van der Waals surface area contributed by atoms with Crippen LogP contribution in [0.2, 0.25) is 0 Å². The highest BCUT2D eigenvalue weighted by Crippen LogP contribution is 2.36. The van der Waals surface area contributed by atoms with Crippen molar-refractivity contribution in [1.82, 2.24) is 0 Å². The van der Waals surface area contributed by atoms with E-state index in [1.807, 2.05) is 12.5 Å². The first-order valence-electron chi connectivity index (χ1n) is 9.08. The van der Waals surface area contributed by atoms with Crippen molar-refractivity contribution in [3.05, 3.63) is 24.7 Å². The first-order valence-corrected chi connectivity index (χ1v) is 9.08. The van der Waals surface area contributed by atoms with E-state index in [2.05, 4.69) is 39.8 Å². The Hall–Kier alpha value is -0.720. The zero-order chi connectivity index (χ0) is 15.2. The summed E-state index contributed by atoms with van der Waals surface area (Å²) in [6.07, 6.45) is 16.7. The third-order valence-electron chi connectivity index (χ3n) is 6.02. The molecule has 0 saturated heterocycles. The summed E-state index contributed by atoms with van der Waals surface area (Å²) in [6.45, 7) is 9.52. The molecule has 0 heterocycles. The summed E-state index contributed by atoms with van der Waals surface area (Å²) >= 11 is 0. The lowest BCUT2D eigenvalue weighted by atomic mass is 9.74. The van der Waals surface area contributed by atoms with Gasteiger partial charge in [-0.05, 0) is 47.7 Å². The summed E-state index contributed by atoms with van der Waals surface area (Å²) in [6, 6.07) is 0. The third-order valence-corrected chi connectivity index (χ3v) is 6.02. The van der Waals surface area contributed by atoms with Gasteiger partial charge in [-0.3, -0.25) is 0 Å². The zero-order valence-corrected chi connectivity index (χ0v) is 14.4. The van der Waals surface area contributed by atoms with Crippen LogP contribution in [0.1, 0.15) is 66.2 Å². The molecule has 2 rings (SSSR count). The Kier molecular flexibility index (Phi) is 6.39. The third kappa shape index (κ3) is 4.63. The molecule has 0 aromatic rings. The van der Waals surface area contributed by atoms with Gasteiger partial charge in [0.2, 0.25) is 0 Å². The summed E-state index contributed by atoms with van der Waals surface area (Å²) in [5.74, 6) is 4.60. The van der Waals surface area contributed by atoms with E-state index in [0.29, 0.717) is 11.8 Å². The smallest absolute Gasteiger partial charge is 0.0864 e. The fourth-order valence-corrected chi connectivity index (χ4v) is 4.49. The van der Waals surface area contributed by atoms with Crippen molar-refractivity contribution in [1.29, 1.82) is 0 Å². The van der Waals surface area contributed by atoms with Crippen LogP contribution in [0.4, 0.5) is 0 Å². The van der Waals surface area contributed by atoms with Gasteiger partial charge in [0.25, 0.3) is 0 Å². The van der Waals surface area contributed by atoms with Gasteiger partial charge in [-0.2, -0.15) is 0 Å². The normalized spacial score (nSPS) is 41.7. The predicted molar refractivity (Wildman–Crippen MR) is 90.7 cm³/mol. The van der Waals surface area contributed by atoms with Crippen LogP contribution in [0.15, 0.2) is 24.7 Å². The molecule has 0 aliphatic heterocycles. The van der Waals surface area contributed by atoms with Gasteiger partial charge in [-0.25, -0.2) is 0 Å². The first kappa shape index (κ1) is 16.6. The Bertz CT molecular complexity index is 303. The molecule has 4 unspecified atom stereocenters. The SMILES string of the molecule is CC1CCCC(C)C1C=COC=CC1C(C)CCCC1C. The van der Waals surface area contributed by atoms with Crippen LogP contribution in [-0.4, -0.2) is 0 Å². The number of rotatable bonds is 4. The molecule has 0 N–H and O–H groups in total. The van der Waals surface area contributed by atoms with E-state index in [9.17, 15) is 0 Å². The molecular weight excluding hydrogens is 256 g/mol. The highest BCUT2D eigenvalue weighted by Gasteiger charge is 2.26. The molecule has 0 bridgehead atoms. The second-order valence-corrected chi connectivity index (χ2v) is 7.72. The molecule has 4 atom stereocenters. The van der Waals surface area contributed by atoms with Gasteiger partial charge in [0, 0.05) is 0 Å². The van der Waals surface area contributed by atoms with E-state index in [1.54, 1.807) is 0 Å². The van der Waals surface area contributed by atoms with Crippen LogP contribution < -0.4 is 0 Å². The maximum atomic E-state index is 5.67. The molecule has 2 aliphatic carbocycles. The van der Waals surface area contributed by atoms with Gasteiger partial charge in [-0.15, -0.1) is 0 Å². The summed E-state index contributed by atoms with van der Waals surface area (Å²) in [7, 11) is 0. The maximum absolute atomic E-state index is 5.67. The fourth-order valence-electron chi connectivity index (χ4n) is 4.49. The van der Waals surface area contributed by atoms with Crippen molar-refractivity contribution in [2.75, 3.05) is 0 Å². The fraction of sp³-hybridized carbons (Fsp3) is 0.800. The molecule has 0 amide bonds. The molecule has 21 heavy (non-hydrogen) atoms. The van der Waals surface area contributed by atoms with Crippen LogP contribution in [0.5, 0.6) is 0 Å². The van der Waals surface area contributed by atoms with E-state index in [0.717, 1.165) is 23.7 Å². The molecule has 0 spiro atoms. The monoisotopic (exact) mass is 290 g/mol. The second-order valence-electron chi connectivity index (χ2n) is 7.72. The first-order chi connectivity index (χ1) is 10.1. The minimum atomic E-state index is 0.694. The lowest BCUT2D eigenvalue weighted by Crippen LogP contribution is -2.23. The predicted octanol–water partition coefficient (Wildman–Crippen LogP) is 6.18. The van der Waals surface area contributed by atoms with Crippen LogP contribution in [0.3, 0.4) is 0 Å². The van der Waals surface area contributed by atoms with Gasteiger partial charge in [-0.1, -0.05) is 66.2 Å². The average Bonchev–Trinajstić information content (AvgIpc) is 2.44. The highest BCUT2D eigenvalue weighted by atomic mass is 16.5. The van der Waals surface area contributed by atoms with Crippen molar-refractivity contribution >= 4 is 0 Å². The van der Waals surface area contributed by atoms with Crippen LogP contribution >= 0.6 is 0 Å². The van der Waals surface area contributed by atoms with Crippen LogP contribution in [-0.2, 0) is 4.74 Å². The lowest BCUT2D eigenvalue weighted by Gasteiger charge is -2.32. The summed E-state index contributed by atoms with van der Waals surface area (Å²) in [5.41, 5.74) is 0. The molecule has 2 fully saturated rings. The molecule has 1 nitrogen and oxygen atoms in total. The molecule has 0 aromatic heterocycles. The Balaban J connectivity index is 1.79. The Morgan fingerprint density at radius 3 is 1.29 bits per heavy atom. The Morgan fingerprint density at radius 1 is 0.619 bits per heavy atom. The Labute approximate surface area is 131 Å². The van der Waals surface area contributed by atoms with E-state index < -0.39 is 0 Å². The van der Waals surface area contributed by atoms with Gasteiger partial charge in [0.05, 0.1) is 12.5 Å². The quantitative estimate of drug-likeness (QED) is 0.562. The summed E-state index contributed by atoms with van der Waals surface area (Å²) in [4.78, 5) is 0. The average molecular weight is 290 g/mol. The number of hydrogen-bond donors (Lipinski definition) is 0. The number of allylic oxidation sites excluding steroid dienone is 2. The molecule has 0 radical (unpaired) electrons. The molecular formula is C20H34O. The molecule has 2 aliphatic rings. The minimum absolute atomic E-state index is 0.694. The van der Waals surface area contributed by atoms with E-state index >= 15 is 0 Å². The molecule has 0 aromatic carbocycles. The second kappa shape index (κ2) is 8.06. The van der Waals surface area contributed by atoms with Gasteiger partial charge in [0.15, 0.2) is 0 Å². The maximum Gasteiger partial charge on any atom is 0.0864 e. The molecule has 2 saturated carbocycles. The van der Waals surface area contributed by atoms with E-state index in [1.165, 1.54) is 38.5 Å². The Morgan fingerprint density at radius 2 is 0.952 bits per heavy atom. The standard InChI is InChI=1S/C20H34O/c1-15-7-5-8-16(2)19(15)11-13-21-14-12-20-17(3)9-6-10-18(20)4/h11-20H,5-10H2,1-4H3. The van der Waals surface area contributed by atoms with Crippen molar-refractivity contribution < 1.29 is 4.74 Å². The minimum Gasteiger partial charge on any atom is -0.473 e. The number of ether oxygens (including phenoxy) is 1.